The number of carboxylic acids is 1. The molecule has 0 fully saturated rings. The van der Waals surface area contributed by atoms with Gasteiger partial charge in [-0.05, 0) is 67.4 Å². The minimum Gasteiger partial charge on any atom is -0.545 e. The molecule has 0 unspecified atom stereocenters. The smallest absolute Gasteiger partial charge is 0.261 e. The van der Waals surface area contributed by atoms with Crippen LogP contribution in [0.5, 0.6) is 0 Å². The van der Waals surface area contributed by atoms with Crippen LogP contribution in [0.4, 0.5) is 11.4 Å². The second kappa shape index (κ2) is 8.38. The van der Waals surface area contributed by atoms with Gasteiger partial charge in [0.25, 0.3) is 15.9 Å². The first kappa shape index (κ1) is 21.1. The molecule has 8 heteroatoms. The summed E-state index contributed by atoms with van der Waals surface area (Å²) in [5.41, 5.74) is 2.37. The topological polar surface area (TPSA) is 115 Å². The van der Waals surface area contributed by atoms with Crippen molar-refractivity contribution < 1.29 is 23.1 Å². The van der Waals surface area contributed by atoms with Crippen LogP contribution in [0.3, 0.4) is 0 Å². The molecule has 0 radical (unpaired) electrons. The van der Waals surface area contributed by atoms with E-state index in [9.17, 15) is 23.1 Å². The molecule has 30 heavy (non-hydrogen) atoms. The van der Waals surface area contributed by atoms with E-state index >= 15 is 0 Å². The maximum absolute atomic E-state index is 12.6. The van der Waals surface area contributed by atoms with Crippen LogP contribution in [0.1, 0.15) is 31.8 Å². The highest BCUT2D eigenvalue weighted by atomic mass is 32.2. The predicted octanol–water partition coefficient (Wildman–Crippen LogP) is 2.72. The van der Waals surface area contributed by atoms with E-state index in [1.165, 1.54) is 48.5 Å². The number of amides is 1. The Hall–Kier alpha value is -3.65. The summed E-state index contributed by atoms with van der Waals surface area (Å²) >= 11 is 0. The Kier molecular flexibility index (Phi) is 5.89. The Balaban J connectivity index is 1.77. The zero-order chi connectivity index (χ0) is 21.9. The molecule has 2 N–H and O–H groups in total. The molecule has 0 atom stereocenters. The number of carbonyl (C=O) groups excluding carboxylic acids is 2. The monoisotopic (exact) mass is 423 g/mol. The first-order valence-corrected chi connectivity index (χ1v) is 10.5. The first-order valence-electron chi connectivity index (χ1n) is 8.98. The second-order valence-corrected chi connectivity index (χ2v) is 8.48. The molecule has 3 aromatic rings. The number of anilines is 2. The molecule has 0 spiro atoms. The Morgan fingerprint density at radius 3 is 1.93 bits per heavy atom. The van der Waals surface area contributed by atoms with Gasteiger partial charge in [-0.15, -0.1) is 0 Å². The third-order valence-corrected chi connectivity index (χ3v) is 5.69. The van der Waals surface area contributed by atoms with Crippen molar-refractivity contribution in [1.82, 2.24) is 0 Å². The Morgan fingerprint density at radius 1 is 0.800 bits per heavy atom. The van der Waals surface area contributed by atoms with Crippen molar-refractivity contribution in [2.75, 3.05) is 10.0 Å². The van der Waals surface area contributed by atoms with Crippen LogP contribution in [0.25, 0.3) is 0 Å². The molecule has 0 bridgehead atoms. The van der Waals surface area contributed by atoms with Gasteiger partial charge in [0.15, 0.2) is 0 Å². The molecule has 0 saturated carbocycles. The number of rotatable bonds is 6. The zero-order valence-electron chi connectivity index (χ0n) is 16.3. The van der Waals surface area contributed by atoms with E-state index in [4.69, 9.17) is 0 Å². The highest BCUT2D eigenvalue weighted by Crippen LogP contribution is 2.21. The van der Waals surface area contributed by atoms with Crippen LogP contribution in [-0.2, 0) is 10.0 Å². The summed E-state index contributed by atoms with van der Waals surface area (Å²) < 4.78 is 27.8. The van der Waals surface area contributed by atoms with E-state index in [1.807, 2.05) is 19.9 Å². The lowest BCUT2D eigenvalue weighted by atomic mass is 10.1. The third kappa shape index (κ3) is 4.84. The molecule has 0 heterocycles. The highest BCUT2D eigenvalue weighted by molar-refractivity contribution is 7.92. The van der Waals surface area contributed by atoms with Gasteiger partial charge in [-0.1, -0.05) is 24.3 Å². The van der Waals surface area contributed by atoms with Crippen molar-refractivity contribution in [3.63, 3.8) is 0 Å². The summed E-state index contributed by atoms with van der Waals surface area (Å²) in [7, 11) is -3.81. The van der Waals surface area contributed by atoms with Crippen molar-refractivity contribution in [3.8, 4) is 0 Å². The average molecular weight is 423 g/mol. The molecule has 0 aliphatic carbocycles. The van der Waals surface area contributed by atoms with E-state index in [-0.39, 0.29) is 16.0 Å². The third-order valence-electron chi connectivity index (χ3n) is 4.29. The van der Waals surface area contributed by atoms with E-state index in [2.05, 4.69) is 10.0 Å². The average Bonchev–Trinajstić information content (AvgIpc) is 2.67. The summed E-state index contributed by atoms with van der Waals surface area (Å²) in [6.07, 6.45) is 0. The standard InChI is InChI=1S/C22H20N2O5S/c1-14-11-15(2)13-17(12-14)24-30(28,29)18-9-7-16(8-10-18)23-21(25)19-5-3-4-6-20(19)22(26)27/h3-13,24H,1-2H3,(H,23,25)(H,26,27)/p-1. The Labute approximate surface area is 174 Å². The molecule has 154 valence electrons. The van der Waals surface area contributed by atoms with Gasteiger partial charge in [0.1, 0.15) is 0 Å². The zero-order valence-corrected chi connectivity index (χ0v) is 17.1. The normalized spacial score (nSPS) is 11.0. The van der Waals surface area contributed by atoms with Gasteiger partial charge in [-0.2, -0.15) is 0 Å². The summed E-state index contributed by atoms with van der Waals surface area (Å²) in [6.45, 7) is 3.75. The lowest BCUT2D eigenvalue weighted by Gasteiger charge is -2.12. The van der Waals surface area contributed by atoms with Crippen molar-refractivity contribution in [1.29, 1.82) is 0 Å². The van der Waals surface area contributed by atoms with E-state index in [1.54, 1.807) is 12.1 Å². The maximum Gasteiger partial charge on any atom is 0.261 e. The van der Waals surface area contributed by atoms with Crippen LogP contribution in [-0.4, -0.2) is 20.3 Å². The molecule has 3 aromatic carbocycles. The number of aryl methyl sites for hydroxylation is 2. The molecule has 3 rings (SSSR count). The van der Waals surface area contributed by atoms with Crippen LogP contribution >= 0.6 is 0 Å². The minimum absolute atomic E-state index is 0.0230. The molecular formula is C22H19N2O5S-. The van der Waals surface area contributed by atoms with Gasteiger partial charge in [-0.3, -0.25) is 9.52 Å². The SMILES string of the molecule is Cc1cc(C)cc(NS(=O)(=O)c2ccc(NC(=O)c3ccccc3C(=O)[O-])cc2)c1. The summed E-state index contributed by atoms with van der Waals surface area (Å²) in [6, 6.07) is 16.6. The predicted molar refractivity (Wildman–Crippen MR) is 112 cm³/mol. The molecule has 7 nitrogen and oxygen atoms in total. The van der Waals surface area contributed by atoms with Crippen molar-refractivity contribution in [3.05, 3.63) is 89.0 Å². The van der Waals surface area contributed by atoms with Crippen LogP contribution in [0.2, 0.25) is 0 Å². The highest BCUT2D eigenvalue weighted by Gasteiger charge is 2.16. The van der Waals surface area contributed by atoms with E-state index in [0.29, 0.717) is 11.4 Å². The van der Waals surface area contributed by atoms with Crippen molar-refractivity contribution >= 4 is 33.3 Å². The Morgan fingerprint density at radius 2 is 1.37 bits per heavy atom. The maximum atomic E-state index is 12.6. The van der Waals surface area contributed by atoms with Crippen LogP contribution in [0.15, 0.2) is 71.6 Å². The van der Waals surface area contributed by atoms with Gasteiger partial charge in [0.2, 0.25) is 0 Å². The fourth-order valence-electron chi connectivity index (χ4n) is 3.02. The van der Waals surface area contributed by atoms with Gasteiger partial charge in [0.05, 0.1) is 10.9 Å². The Bertz CT molecular complexity index is 1200. The van der Waals surface area contributed by atoms with E-state index in [0.717, 1.165) is 11.1 Å². The first-order chi connectivity index (χ1) is 14.2. The lowest BCUT2D eigenvalue weighted by Crippen LogP contribution is -2.26. The summed E-state index contributed by atoms with van der Waals surface area (Å²) in [5, 5.41) is 13.7. The largest absolute Gasteiger partial charge is 0.545 e. The van der Waals surface area contributed by atoms with E-state index < -0.39 is 21.9 Å². The summed E-state index contributed by atoms with van der Waals surface area (Å²) in [5.74, 6) is -2.10. The fourth-order valence-corrected chi connectivity index (χ4v) is 4.06. The number of carbonyl (C=O) groups is 2. The number of carboxylic acid groups (broad SMARTS) is 1. The number of sulfonamides is 1. The fraction of sp³-hybridized carbons (Fsp3) is 0.0909. The molecule has 1 amide bonds. The number of nitrogens with one attached hydrogen (secondary N) is 2. The molecular weight excluding hydrogens is 404 g/mol. The molecule has 0 aliphatic rings. The van der Waals surface area contributed by atoms with Gasteiger partial charge < -0.3 is 15.2 Å². The van der Waals surface area contributed by atoms with Gasteiger partial charge in [-0.25, -0.2) is 8.42 Å². The number of hydrogen-bond acceptors (Lipinski definition) is 5. The van der Waals surface area contributed by atoms with Crippen molar-refractivity contribution in [2.24, 2.45) is 0 Å². The molecule has 0 aliphatic heterocycles. The molecule has 0 aromatic heterocycles. The minimum atomic E-state index is -3.81. The number of hydrogen-bond donors (Lipinski definition) is 2. The summed E-state index contributed by atoms with van der Waals surface area (Å²) in [4.78, 5) is 23.6. The van der Waals surface area contributed by atoms with Crippen molar-refractivity contribution in [2.45, 2.75) is 18.7 Å². The number of aromatic carboxylic acids is 1. The van der Waals surface area contributed by atoms with Crippen LogP contribution < -0.4 is 15.1 Å². The second-order valence-electron chi connectivity index (χ2n) is 6.79. The number of benzene rings is 3. The molecule has 0 saturated heterocycles. The quantitative estimate of drug-likeness (QED) is 0.633. The van der Waals surface area contributed by atoms with Gasteiger partial charge in [0, 0.05) is 22.5 Å². The van der Waals surface area contributed by atoms with Gasteiger partial charge >= 0.3 is 0 Å². The lowest BCUT2D eigenvalue weighted by molar-refractivity contribution is -0.255. The van der Waals surface area contributed by atoms with Crippen LogP contribution in [0, 0.1) is 13.8 Å².